The van der Waals surface area contributed by atoms with Gasteiger partial charge in [0.05, 0.1) is 0 Å². The van der Waals surface area contributed by atoms with E-state index in [0.29, 0.717) is 6.42 Å². The van der Waals surface area contributed by atoms with E-state index in [0.717, 1.165) is 19.3 Å². The minimum absolute atomic E-state index is 0.0429. The molecule has 1 unspecified atom stereocenters. The molecule has 0 amide bonds. The van der Waals surface area contributed by atoms with Gasteiger partial charge in [-0.15, -0.1) is 0 Å². The van der Waals surface area contributed by atoms with E-state index < -0.39 is 35.0 Å². The van der Waals surface area contributed by atoms with Gasteiger partial charge < -0.3 is 14.3 Å². The van der Waals surface area contributed by atoms with E-state index >= 15 is 0 Å². The van der Waals surface area contributed by atoms with Crippen LogP contribution in [-0.2, 0) is 23.9 Å². The van der Waals surface area contributed by atoms with E-state index in [1.54, 1.807) is 41.5 Å². The summed E-state index contributed by atoms with van der Waals surface area (Å²) in [5.74, 6) is -2.72. The smallest absolute Gasteiger partial charge is 0.321 e. The van der Waals surface area contributed by atoms with Gasteiger partial charge in [0.25, 0.3) is 0 Å². The predicted octanol–water partition coefficient (Wildman–Crippen LogP) is 4.46. The Morgan fingerprint density at radius 2 is 1.28 bits per heavy atom. The third kappa shape index (κ3) is 11.0. The standard InChI is InChI=1S/C20H36O5/c1-9-10-11-12-15(13-14(2)21)16(17(22)24-19(3,4)5)18(23)25-20(6,7)8/h15-16H,9-13H2,1-8H3. The van der Waals surface area contributed by atoms with Crippen LogP contribution in [0, 0.1) is 11.8 Å². The molecule has 0 saturated heterocycles. The first kappa shape index (κ1) is 23.6. The summed E-state index contributed by atoms with van der Waals surface area (Å²) in [6.45, 7) is 14.1. The molecule has 0 radical (unpaired) electrons. The number of carbonyl (C=O) groups excluding carboxylic acids is 3. The van der Waals surface area contributed by atoms with Crippen LogP contribution < -0.4 is 0 Å². The van der Waals surface area contributed by atoms with Gasteiger partial charge in [0.1, 0.15) is 17.0 Å². The van der Waals surface area contributed by atoms with Gasteiger partial charge in [-0.05, 0) is 60.8 Å². The highest BCUT2D eigenvalue weighted by Gasteiger charge is 2.40. The van der Waals surface area contributed by atoms with Crippen molar-refractivity contribution in [1.82, 2.24) is 0 Å². The van der Waals surface area contributed by atoms with Crippen LogP contribution in [0.4, 0.5) is 0 Å². The van der Waals surface area contributed by atoms with Gasteiger partial charge in [0.15, 0.2) is 5.92 Å². The molecular weight excluding hydrogens is 320 g/mol. The fraction of sp³-hybridized carbons (Fsp3) is 0.850. The number of Topliss-reactive ketones (excluding diaryl/α,β-unsaturated/α-hetero) is 1. The third-order valence-electron chi connectivity index (χ3n) is 3.52. The second kappa shape index (κ2) is 9.93. The molecule has 5 nitrogen and oxygen atoms in total. The van der Waals surface area contributed by atoms with Gasteiger partial charge in [-0.3, -0.25) is 9.59 Å². The minimum Gasteiger partial charge on any atom is -0.459 e. The van der Waals surface area contributed by atoms with Gasteiger partial charge in [-0.25, -0.2) is 0 Å². The molecule has 0 spiro atoms. The Morgan fingerprint density at radius 1 is 0.840 bits per heavy atom. The number of ketones is 1. The van der Waals surface area contributed by atoms with Crippen molar-refractivity contribution >= 4 is 17.7 Å². The maximum absolute atomic E-state index is 12.7. The zero-order valence-electron chi connectivity index (χ0n) is 17.2. The zero-order chi connectivity index (χ0) is 19.8. The highest BCUT2D eigenvalue weighted by Crippen LogP contribution is 2.29. The molecule has 0 N–H and O–H groups in total. The molecule has 0 saturated carbocycles. The molecular formula is C20H36O5. The lowest BCUT2D eigenvalue weighted by molar-refractivity contribution is -0.177. The van der Waals surface area contributed by atoms with Crippen LogP contribution in [0.15, 0.2) is 0 Å². The van der Waals surface area contributed by atoms with Gasteiger partial charge >= 0.3 is 11.9 Å². The predicted molar refractivity (Wildman–Crippen MR) is 98.1 cm³/mol. The molecule has 0 aromatic carbocycles. The van der Waals surface area contributed by atoms with Crippen LogP contribution in [-0.4, -0.2) is 28.9 Å². The fourth-order valence-electron chi connectivity index (χ4n) is 2.62. The molecule has 0 fully saturated rings. The second-order valence-electron chi connectivity index (χ2n) is 8.71. The molecule has 0 bridgehead atoms. The maximum atomic E-state index is 12.7. The van der Waals surface area contributed by atoms with Crippen molar-refractivity contribution in [2.75, 3.05) is 0 Å². The van der Waals surface area contributed by atoms with Crippen LogP contribution in [0.3, 0.4) is 0 Å². The molecule has 0 aliphatic rings. The molecule has 25 heavy (non-hydrogen) atoms. The lowest BCUT2D eigenvalue weighted by atomic mass is 9.83. The first-order valence-electron chi connectivity index (χ1n) is 9.22. The summed E-state index contributed by atoms with van der Waals surface area (Å²) in [7, 11) is 0. The first-order valence-corrected chi connectivity index (χ1v) is 9.22. The van der Waals surface area contributed by atoms with Crippen LogP contribution >= 0.6 is 0 Å². The zero-order valence-corrected chi connectivity index (χ0v) is 17.2. The molecule has 0 aromatic heterocycles. The van der Waals surface area contributed by atoms with E-state index in [4.69, 9.17) is 9.47 Å². The van der Waals surface area contributed by atoms with Crippen LogP contribution in [0.25, 0.3) is 0 Å². The number of unbranched alkanes of at least 4 members (excludes halogenated alkanes) is 2. The highest BCUT2D eigenvalue weighted by molar-refractivity contribution is 5.96. The molecule has 1 atom stereocenters. The summed E-state index contributed by atoms with van der Waals surface area (Å²) in [6, 6.07) is 0. The Labute approximate surface area is 152 Å². The molecule has 0 rings (SSSR count). The van der Waals surface area contributed by atoms with E-state index in [9.17, 15) is 14.4 Å². The number of rotatable bonds is 9. The summed E-state index contributed by atoms with van der Waals surface area (Å²) in [6.07, 6.45) is 3.67. The second-order valence-corrected chi connectivity index (χ2v) is 8.71. The van der Waals surface area contributed by atoms with Crippen molar-refractivity contribution in [2.45, 2.75) is 98.7 Å². The summed E-state index contributed by atoms with van der Waals surface area (Å²) < 4.78 is 10.9. The quantitative estimate of drug-likeness (QED) is 0.346. The number of carbonyl (C=O) groups is 3. The van der Waals surface area contributed by atoms with Gasteiger partial charge in [0, 0.05) is 6.42 Å². The summed E-state index contributed by atoms with van der Waals surface area (Å²) in [5.41, 5.74) is -1.41. The largest absolute Gasteiger partial charge is 0.459 e. The van der Waals surface area contributed by atoms with Gasteiger partial charge in [0.2, 0.25) is 0 Å². The number of hydrogen-bond acceptors (Lipinski definition) is 5. The average Bonchev–Trinajstić information content (AvgIpc) is 2.33. The monoisotopic (exact) mass is 356 g/mol. The fourth-order valence-corrected chi connectivity index (χ4v) is 2.62. The average molecular weight is 357 g/mol. The van der Waals surface area contributed by atoms with Crippen molar-refractivity contribution in [3.05, 3.63) is 0 Å². The van der Waals surface area contributed by atoms with E-state index in [-0.39, 0.29) is 12.2 Å². The summed E-state index contributed by atoms with van der Waals surface area (Å²) in [5, 5.41) is 0. The van der Waals surface area contributed by atoms with Crippen LogP contribution in [0.5, 0.6) is 0 Å². The summed E-state index contributed by atoms with van der Waals surface area (Å²) >= 11 is 0. The maximum Gasteiger partial charge on any atom is 0.321 e. The number of ether oxygens (including phenoxy) is 2. The highest BCUT2D eigenvalue weighted by atomic mass is 16.6. The molecule has 0 aliphatic carbocycles. The lowest BCUT2D eigenvalue weighted by Crippen LogP contribution is -2.41. The van der Waals surface area contributed by atoms with E-state index in [2.05, 4.69) is 6.92 Å². The Bertz CT molecular complexity index is 426. The van der Waals surface area contributed by atoms with Gasteiger partial charge in [-0.2, -0.15) is 0 Å². The molecule has 0 heterocycles. The molecule has 146 valence electrons. The topological polar surface area (TPSA) is 69.7 Å². The van der Waals surface area contributed by atoms with E-state index in [1.807, 2.05) is 0 Å². The van der Waals surface area contributed by atoms with Crippen molar-refractivity contribution in [3.63, 3.8) is 0 Å². The van der Waals surface area contributed by atoms with Gasteiger partial charge in [-0.1, -0.05) is 26.2 Å². The van der Waals surface area contributed by atoms with E-state index in [1.165, 1.54) is 6.92 Å². The van der Waals surface area contributed by atoms with Crippen molar-refractivity contribution in [1.29, 1.82) is 0 Å². The summed E-state index contributed by atoms with van der Waals surface area (Å²) in [4.78, 5) is 37.1. The third-order valence-corrected chi connectivity index (χ3v) is 3.52. The minimum atomic E-state index is -1.07. The number of hydrogen-bond donors (Lipinski definition) is 0. The van der Waals surface area contributed by atoms with Crippen molar-refractivity contribution < 1.29 is 23.9 Å². The van der Waals surface area contributed by atoms with Crippen molar-refractivity contribution in [2.24, 2.45) is 11.8 Å². The SMILES string of the molecule is CCCCCC(CC(C)=O)C(C(=O)OC(C)(C)C)C(=O)OC(C)(C)C. The van der Waals surface area contributed by atoms with Crippen LogP contribution in [0.1, 0.15) is 87.5 Å². The normalized spacial score (nSPS) is 13.5. The van der Waals surface area contributed by atoms with Crippen molar-refractivity contribution in [3.8, 4) is 0 Å². The van der Waals surface area contributed by atoms with Crippen LogP contribution in [0.2, 0.25) is 0 Å². The Morgan fingerprint density at radius 3 is 1.60 bits per heavy atom. The lowest BCUT2D eigenvalue weighted by Gasteiger charge is -2.30. The Hall–Kier alpha value is -1.39. The molecule has 5 heteroatoms. The molecule has 0 aliphatic heterocycles. The Balaban J connectivity index is 5.55. The number of esters is 2. The molecule has 0 aromatic rings. The Kier molecular flexibility index (Phi) is 9.38. The first-order chi connectivity index (χ1) is 11.3.